The highest BCUT2D eigenvalue weighted by Gasteiger charge is 2.26. The molecule has 1 aliphatic carbocycles. The van der Waals surface area contributed by atoms with Crippen molar-refractivity contribution in [2.45, 2.75) is 91.3 Å². The van der Waals surface area contributed by atoms with Crippen LogP contribution in [0.2, 0.25) is 0 Å². The van der Waals surface area contributed by atoms with Gasteiger partial charge in [0.1, 0.15) is 17.9 Å². The zero-order valence-corrected chi connectivity index (χ0v) is 20.5. The van der Waals surface area contributed by atoms with Crippen molar-refractivity contribution in [1.82, 2.24) is 24.8 Å². The molecule has 0 spiro atoms. The molecule has 1 aliphatic heterocycles. The molecule has 0 atom stereocenters. The molecule has 2 fully saturated rings. The maximum atomic E-state index is 12.7. The standard InChI is InChI=1S/C25H40N6O2/c1-4-33-16-21-29-22-23(17(2)18(3)27-24(22)26)31(21)15-12-19-10-13-30(14-11-19)25(32)28-20-8-6-5-7-9-20/h19-20H,4-16H2,1-3H3,(H2,26,27)(H,28,32). The first-order valence-electron chi connectivity index (χ1n) is 12.7. The number of nitrogens with one attached hydrogen (secondary N) is 1. The molecule has 0 radical (unpaired) electrons. The Hall–Kier alpha value is -2.35. The van der Waals surface area contributed by atoms with Gasteiger partial charge in [0.15, 0.2) is 5.82 Å². The van der Waals surface area contributed by atoms with Gasteiger partial charge in [0, 0.05) is 38.0 Å². The SMILES string of the molecule is CCOCc1nc2c(N)nc(C)c(C)c2n1CCC1CCN(C(=O)NC2CCCCC2)CC1. The highest BCUT2D eigenvalue weighted by Crippen LogP contribution is 2.29. The fraction of sp³-hybridized carbons (Fsp3) is 0.720. The minimum Gasteiger partial charge on any atom is -0.382 e. The summed E-state index contributed by atoms with van der Waals surface area (Å²) < 4.78 is 7.98. The minimum atomic E-state index is 0.133. The number of nitrogens with two attached hydrogens (primary N) is 1. The van der Waals surface area contributed by atoms with Crippen molar-refractivity contribution in [3.8, 4) is 0 Å². The summed E-state index contributed by atoms with van der Waals surface area (Å²) in [5.41, 5.74) is 10.2. The van der Waals surface area contributed by atoms with E-state index in [2.05, 4.69) is 21.8 Å². The molecule has 182 valence electrons. The van der Waals surface area contributed by atoms with Gasteiger partial charge < -0.3 is 25.3 Å². The second-order valence-electron chi connectivity index (χ2n) is 9.72. The Morgan fingerprint density at radius 1 is 1.12 bits per heavy atom. The van der Waals surface area contributed by atoms with Crippen LogP contribution in [0, 0.1) is 19.8 Å². The third kappa shape index (κ3) is 5.42. The van der Waals surface area contributed by atoms with Gasteiger partial charge in [-0.05, 0) is 64.4 Å². The molecule has 0 unspecified atom stereocenters. The minimum absolute atomic E-state index is 0.133. The summed E-state index contributed by atoms with van der Waals surface area (Å²) in [6.07, 6.45) is 9.19. The molecule has 0 aromatic carbocycles. The fourth-order valence-electron chi connectivity index (χ4n) is 5.34. The van der Waals surface area contributed by atoms with Crippen LogP contribution in [-0.4, -0.2) is 51.2 Å². The van der Waals surface area contributed by atoms with Crippen LogP contribution in [0.4, 0.5) is 10.6 Å². The number of imidazole rings is 1. The smallest absolute Gasteiger partial charge is 0.317 e. The van der Waals surface area contributed by atoms with E-state index in [9.17, 15) is 4.79 Å². The first kappa shape index (κ1) is 23.8. The van der Waals surface area contributed by atoms with Crippen LogP contribution in [0.1, 0.15) is 75.4 Å². The van der Waals surface area contributed by atoms with Crippen LogP contribution in [0.3, 0.4) is 0 Å². The van der Waals surface area contributed by atoms with Crippen LogP contribution in [-0.2, 0) is 17.9 Å². The number of nitrogen functional groups attached to an aromatic ring is 1. The highest BCUT2D eigenvalue weighted by atomic mass is 16.5. The molecule has 2 aliphatic rings. The lowest BCUT2D eigenvalue weighted by atomic mass is 9.93. The first-order chi connectivity index (χ1) is 16.0. The van der Waals surface area contributed by atoms with Gasteiger partial charge in [-0.1, -0.05) is 19.3 Å². The number of carbonyl (C=O) groups excluding carboxylic acids is 1. The number of anilines is 1. The molecule has 33 heavy (non-hydrogen) atoms. The molecule has 2 aromatic rings. The van der Waals surface area contributed by atoms with Crippen molar-refractivity contribution < 1.29 is 9.53 Å². The molecule has 1 saturated heterocycles. The third-order valence-corrected chi connectivity index (χ3v) is 7.51. The largest absolute Gasteiger partial charge is 0.382 e. The second-order valence-corrected chi connectivity index (χ2v) is 9.72. The average molecular weight is 457 g/mol. The van der Waals surface area contributed by atoms with Crippen molar-refractivity contribution in [3.05, 3.63) is 17.1 Å². The number of urea groups is 1. The number of hydrogen-bond acceptors (Lipinski definition) is 5. The quantitative estimate of drug-likeness (QED) is 0.647. The first-order valence-corrected chi connectivity index (χ1v) is 12.7. The van der Waals surface area contributed by atoms with Crippen LogP contribution < -0.4 is 11.1 Å². The van der Waals surface area contributed by atoms with Gasteiger partial charge in [-0.15, -0.1) is 0 Å². The summed E-state index contributed by atoms with van der Waals surface area (Å²) >= 11 is 0. The maximum Gasteiger partial charge on any atom is 0.317 e. The van der Waals surface area contributed by atoms with E-state index in [4.69, 9.17) is 15.5 Å². The van der Waals surface area contributed by atoms with Gasteiger partial charge >= 0.3 is 6.03 Å². The van der Waals surface area contributed by atoms with Crippen LogP contribution in [0.15, 0.2) is 0 Å². The Labute approximate surface area is 197 Å². The number of likely N-dealkylation sites (tertiary alicyclic amines) is 1. The molecule has 3 heterocycles. The van der Waals surface area contributed by atoms with Crippen LogP contribution in [0.5, 0.6) is 0 Å². The van der Waals surface area contributed by atoms with Crippen molar-refractivity contribution in [2.75, 3.05) is 25.4 Å². The van der Waals surface area contributed by atoms with Gasteiger partial charge in [-0.3, -0.25) is 0 Å². The molecule has 3 N–H and O–H groups in total. The Morgan fingerprint density at radius 2 is 1.85 bits per heavy atom. The lowest BCUT2D eigenvalue weighted by molar-refractivity contribution is 0.125. The Balaban J connectivity index is 1.38. The van der Waals surface area contributed by atoms with Gasteiger partial charge in [0.2, 0.25) is 0 Å². The predicted molar refractivity (Wildman–Crippen MR) is 131 cm³/mol. The van der Waals surface area contributed by atoms with E-state index >= 15 is 0 Å². The average Bonchev–Trinajstić information content (AvgIpc) is 3.20. The highest BCUT2D eigenvalue weighted by molar-refractivity contribution is 5.88. The number of piperidine rings is 1. The van der Waals surface area contributed by atoms with Gasteiger partial charge in [0.05, 0.1) is 5.52 Å². The molecule has 1 saturated carbocycles. The van der Waals surface area contributed by atoms with E-state index in [-0.39, 0.29) is 6.03 Å². The van der Waals surface area contributed by atoms with Crippen molar-refractivity contribution in [1.29, 1.82) is 0 Å². The summed E-state index contributed by atoms with van der Waals surface area (Å²) in [4.78, 5) is 24.0. The Bertz CT molecular complexity index is 958. The lowest BCUT2D eigenvalue weighted by Crippen LogP contribution is -2.48. The third-order valence-electron chi connectivity index (χ3n) is 7.51. The number of aromatic nitrogens is 3. The van der Waals surface area contributed by atoms with E-state index in [0.717, 1.165) is 79.9 Å². The lowest BCUT2D eigenvalue weighted by Gasteiger charge is -2.34. The molecule has 8 nitrogen and oxygen atoms in total. The zero-order valence-electron chi connectivity index (χ0n) is 20.5. The number of nitrogens with zero attached hydrogens (tertiary/aromatic N) is 4. The summed E-state index contributed by atoms with van der Waals surface area (Å²) in [5, 5.41) is 3.26. The van der Waals surface area contributed by atoms with E-state index in [0.29, 0.717) is 31.0 Å². The van der Waals surface area contributed by atoms with Gasteiger partial charge in [-0.25, -0.2) is 14.8 Å². The van der Waals surface area contributed by atoms with E-state index in [1.54, 1.807) is 0 Å². The number of fused-ring (bicyclic) bond motifs is 1. The molecular weight excluding hydrogens is 416 g/mol. The molecule has 8 heteroatoms. The van der Waals surface area contributed by atoms with Crippen molar-refractivity contribution in [3.63, 3.8) is 0 Å². The number of amides is 2. The van der Waals surface area contributed by atoms with Crippen molar-refractivity contribution >= 4 is 22.9 Å². The monoisotopic (exact) mass is 456 g/mol. The van der Waals surface area contributed by atoms with Gasteiger partial charge in [-0.2, -0.15) is 0 Å². The predicted octanol–water partition coefficient (Wildman–Crippen LogP) is 4.31. The normalized spacial score (nSPS) is 18.2. The molecular formula is C25H40N6O2. The molecule has 2 amide bonds. The summed E-state index contributed by atoms with van der Waals surface area (Å²) in [6, 6.07) is 0.505. The van der Waals surface area contributed by atoms with Gasteiger partial charge in [0.25, 0.3) is 0 Å². The number of rotatable bonds is 7. The van der Waals surface area contributed by atoms with Crippen LogP contribution >= 0.6 is 0 Å². The number of pyridine rings is 1. The fourth-order valence-corrected chi connectivity index (χ4v) is 5.34. The van der Waals surface area contributed by atoms with Crippen molar-refractivity contribution in [2.24, 2.45) is 5.92 Å². The molecule has 4 rings (SSSR count). The van der Waals surface area contributed by atoms with Crippen LogP contribution in [0.25, 0.3) is 11.0 Å². The second kappa shape index (κ2) is 10.7. The summed E-state index contributed by atoms with van der Waals surface area (Å²) in [6.45, 7) is 9.77. The summed E-state index contributed by atoms with van der Waals surface area (Å²) in [5.74, 6) is 2.00. The number of ether oxygens (including phenoxy) is 1. The Morgan fingerprint density at radius 3 is 2.55 bits per heavy atom. The number of carbonyl (C=O) groups is 1. The zero-order chi connectivity index (χ0) is 23.4. The summed E-state index contributed by atoms with van der Waals surface area (Å²) in [7, 11) is 0. The number of aryl methyl sites for hydroxylation is 3. The maximum absolute atomic E-state index is 12.7. The Kier molecular flexibility index (Phi) is 7.73. The van der Waals surface area contributed by atoms with E-state index in [1.807, 2.05) is 18.7 Å². The van der Waals surface area contributed by atoms with E-state index in [1.165, 1.54) is 19.3 Å². The molecule has 0 bridgehead atoms. The molecule has 2 aromatic heterocycles. The number of hydrogen-bond donors (Lipinski definition) is 2. The topological polar surface area (TPSA) is 98.3 Å². The van der Waals surface area contributed by atoms with E-state index < -0.39 is 0 Å².